The zero-order chi connectivity index (χ0) is 18.0. The zero-order valence-corrected chi connectivity index (χ0v) is 15.8. The van der Waals surface area contributed by atoms with Crippen LogP contribution in [0.4, 0.5) is 10.5 Å². The van der Waals surface area contributed by atoms with E-state index in [2.05, 4.69) is 16.0 Å². The van der Waals surface area contributed by atoms with Gasteiger partial charge in [-0.3, -0.25) is 14.5 Å². The van der Waals surface area contributed by atoms with Gasteiger partial charge in [0.1, 0.15) is 12.1 Å². The first-order valence-corrected chi connectivity index (χ1v) is 8.67. The minimum absolute atomic E-state index is 0. The normalized spacial score (nSPS) is 22.0. The van der Waals surface area contributed by atoms with Crippen LogP contribution in [0.1, 0.15) is 32.3 Å². The van der Waals surface area contributed by atoms with E-state index in [4.69, 9.17) is 0 Å². The van der Waals surface area contributed by atoms with E-state index >= 15 is 0 Å². The van der Waals surface area contributed by atoms with Crippen LogP contribution < -0.4 is 16.0 Å². The third-order valence-corrected chi connectivity index (χ3v) is 4.79. The van der Waals surface area contributed by atoms with Gasteiger partial charge in [0, 0.05) is 12.2 Å². The maximum atomic E-state index is 12.5. The van der Waals surface area contributed by atoms with Crippen molar-refractivity contribution in [2.75, 3.05) is 18.4 Å². The molecule has 1 aliphatic heterocycles. The van der Waals surface area contributed by atoms with Crippen molar-refractivity contribution in [2.24, 2.45) is 5.92 Å². The Bertz CT molecular complexity index is 707. The molecule has 2 aliphatic rings. The number of rotatable bonds is 7. The average molecular weight is 381 g/mol. The second kappa shape index (κ2) is 8.05. The predicted octanol–water partition coefficient (Wildman–Crippen LogP) is 1.88. The number of nitrogens with zero attached hydrogens (tertiary/aromatic N) is 1. The van der Waals surface area contributed by atoms with Gasteiger partial charge in [0.25, 0.3) is 5.91 Å². The van der Waals surface area contributed by atoms with Gasteiger partial charge in [0.15, 0.2) is 0 Å². The highest BCUT2D eigenvalue weighted by atomic mass is 35.5. The summed E-state index contributed by atoms with van der Waals surface area (Å²) in [6.45, 7) is 5.08. The predicted molar refractivity (Wildman–Crippen MR) is 101 cm³/mol. The first-order chi connectivity index (χ1) is 11.9. The van der Waals surface area contributed by atoms with Crippen molar-refractivity contribution < 1.29 is 14.4 Å². The Kier molecular flexibility index (Phi) is 6.26. The van der Waals surface area contributed by atoms with E-state index in [1.165, 1.54) is 0 Å². The van der Waals surface area contributed by atoms with Gasteiger partial charge >= 0.3 is 6.03 Å². The minimum Gasteiger partial charge on any atom is -0.325 e. The van der Waals surface area contributed by atoms with Crippen LogP contribution in [0.5, 0.6) is 0 Å². The fourth-order valence-electron chi connectivity index (χ4n) is 3.17. The Balaban J connectivity index is 0.00000243. The van der Waals surface area contributed by atoms with Crippen LogP contribution in [0.2, 0.25) is 0 Å². The number of amides is 4. The van der Waals surface area contributed by atoms with Crippen molar-refractivity contribution in [2.45, 2.75) is 38.8 Å². The monoisotopic (exact) mass is 380 g/mol. The molecule has 1 saturated carbocycles. The summed E-state index contributed by atoms with van der Waals surface area (Å²) in [5.74, 6) is -0.514. The smallest absolute Gasteiger partial charge is 0.325 e. The molecule has 1 aliphatic carbocycles. The number of nitrogens with one attached hydrogen (secondary N) is 3. The van der Waals surface area contributed by atoms with Crippen LogP contribution in [0.3, 0.4) is 0 Å². The summed E-state index contributed by atoms with van der Waals surface area (Å²) in [5.41, 5.74) is 0.844. The number of carbonyl (C=O) groups excluding carboxylic acids is 3. The molecule has 3 N–H and O–H groups in total. The molecule has 1 heterocycles. The molecule has 7 nitrogen and oxygen atoms in total. The van der Waals surface area contributed by atoms with Gasteiger partial charge in [0.05, 0.1) is 0 Å². The largest absolute Gasteiger partial charge is 0.325 e. The van der Waals surface area contributed by atoms with Crippen LogP contribution in [0.25, 0.3) is 0 Å². The van der Waals surface area contributed by atoms with E-state index in [1.807, 2.05) is 25.1 Å². The molecule has 0 bridgehead atoms. The van der Waals surface area contributed by atoms with Crippen molar-refractivity contribution in [3.05, 3.63) is 29.8 Å². The topological polar surface area (TPSA) is 90.5 Å². The average Bonchev–Trinajstić information content (AvgIpc) is 3.40. The van der Waals surface area contributed by atoms with E-state index in [-0.39, 0.29) is 36.7 Å². The van der Waals surface area contributed by atoms with Crippen LogP contribution in [0.15, 0.2) is 24.3 Å². The summed E-state index contributed by atoms with van der Waals surface area (Å²) in [6, 6.07) is 7.00. The van der Waals surface area contributed by atoms with E-state index in [9.17, 15) is 14.4 Å². The summed E-state index contributed by atoms with van der Waals surface area (Å²) in [4.78, 5) is 37.9. The quantitative estimate of drug-likeness (QED) is 0.630. The van der Waals surface area contributed by atoms with Crippen LogP contribution in [0, 0.1) is 5.92 Å². The van der Waals surface area contributed by atoms with Gasteiger partial charge in [0.2, 0.25) is 5.91 Å². The molecule has 1 aromatic rings. The number of benzene rings is 1. The number of hydrogen-bond donors (Lipinski definition) is 3. The lowest BCUT2D eigenvalue weighted by Crippen LogP contribution is -2.46. The fourth-order valence-corrected chi connectivity index (χ4v) is 3.17. The van der Waals surface area contributed by atoms with Gasteiger partial charge in [-0.15, -0.1) is 12.4 Å². The molecule has 1 unspecified atom stereocenters. The minimum atomic E-state index is -0.858. The first-order valence-electron chi connectivity index (χ1n) is 8.67. The Morgan fingerprint density at radius 3 is 2.73 bits per heavy atom. The lowest BCUT2D eigenvalue weighted by molar-refractivity contribution is -0.134. The molecule has 0 aromatic heterocycles. The molecule has 0 spiro atoms. The number of carbonyl (C=O) groups is 3. The van der Waals surface area contributed by atoms with Gasteiger partial charge in [-0.2, -0.15) is 0 Å². The Hall–Kier alpha value is -2.12. The second-order valence-electron chi connectivity index (χ2n) is 6.83. The number of halogens is 1. The Morgan fingerprint density at radius 2 is 2.08 bits per heavy atom. The lowest BCUT2D eigenvalue weighted by Gasteiger charge is -2.20. The van der Waals surface area contributed by atoms with Crippen LogP contribution >= 0.6 is 12.4 Å². The summed E-state index contributed by atoms with van der Waals surface area (Å²) < 4.78 is 0. The zero-order valence-electron chi connectivity index (χ0n) is 15.0. The molecule has 0 radical (unpaired) electrons. The SMILES string of the molecule is CCNCc1cccc(NC(=O)CN2C(=O)NC(C)(C3CC3)C2=O)c1.Cl. The highest BCUT2D eigenvalue weighted by Crippen LogP contribution is 2.42. The second-order valence-corrected chi connectivity index (χ2v) is 6.83. The number of anilines is 1. The van der Waals surface area contributed by atoms with Crippen molar-refractivity contribution >= 4 is 35.9 Å². The highest BCUT2D eigenvalue weighted by molar-refractivity contribution is 6.10. The maximum Gasteiger partial charge on any atom is 0.325 e. The molecule has 8 heteroatoms. The molecule has 142 valence electrons. The standard InChI is InChI=1S/C18H24N4O3.ClH/c1-3-19-10-12-5-4-6-14(9-12)20-15(23)11-22-16(24)18(2,13-7-8-13)21-17(22)25;/h4-6,9,13,19H,3,7-8,10-11H2,1-2H3,(H,20,23)(H,21,25);1H. The molecular formula is C18H25ClN4O3. The third-order valence-electron chi connectivity index (χ3n) is 4.79. The van der Waals surface area contributed by atoms with Crippen molar-refractivity contribution in [1.29, 1.82) is 0 Å². The maximum absolute atomic E-state index is 12.5. The summed E-state index contributed by atoms with van der Waals surface area (Å²) in [6.07, 6.45) is 1.86. The van der Waals surface area contributed by atoms with E-state index in [0.29, 0.717) is 12.2 Å². The first kappa shape index (κ1) is 20.2. The molecule has 2 fully saturated rings. The molecule has 4 amide bonds. The van der Waals surface area contributed by atoms with Crippen molar-refractivity contribution in [3.8, 4) is 0 Å². The van der Waals surface area contributed by atoms with Gasteiger partial charge in [-0.25, -0.2) is 4.79 Å². The lowest BCUT2D eigenvalue weighted by atomic mass is 9.96. The molecule has 3 rings (SSSR count). The Morgan fingerprint density at radius 1 is 1.35 bits per heavy atom. The number of urea groups is 1. The van der Waals surface area contributed by atoms with E-state index < -0.39 is 11.6 Å². The van der Waals surface area contributed by atoms with Crippen molar-refractivity contribution in [1.82, 2.24) is 15.5 Å². The van der Waals surface area contributed by atoms with Crippen molar-refractivity contribution in [3.63, 3.8) is 0 Å². The fraction of sp³-hybridized carbons (Fsp3) is 0.500. The van der Waals surface area contributed by atoms with Gasteiger partial charge in [-0.1, -0.05) is 19.1 Å². The summed E-state index contributed by atoms with van der Waals surface area (Å²) >= 11 is 0. The molecule has 26 heavy (non-hydrogen) atoms. The van der Waals surface area contributed by atoms with Gasteiger partial charge < -0.3 is 16.0 Å². The van der Waals surface area contributed by atoms with E-state index in [0.717, 1.165) is 29.8 Å². The third kappa shape index (κ3) is 4.16. The highest BCUT2D eigenvalue weighted by Gasteiger charge is 2.56. The van der Waals surface area contributed by atoms with E-state index in [1.54, 1.807) is 13.0 Å². The molecular weight excluding hydrogens is 356 g/mol. The molecule has 1 saturated heterocycles. The molecule has 1 aromatic carbocycles. The Labute approximate surface area is 159 Å². The number of imide groups is 1. The van der Waals surface area contributed by atoms with Crippen LogP contribution in [-0.2, 0) is 16.1 Å². The molecule has 1 atom stereocenters. The van der Waals surface area contributed by atoms with Crippen LogP contribution in [-0.4, -0.2) is 41.4 Å². The summed E-state index contributed by atoms with van der Waals surface area (Å²) in [5, 5.41) is 8.72. The number of hydrogen-bond acceptors (Lipinski definition) is 4. The summed E-state index contributed by atoms with van der Waals surface area (Å²) in [7, 11) is 0. The van der Waals surface area contributed by atoms with Gasteiger partial charge in [-0.05, 0) is 49.9 Å².